The molecule has 1 unspecified atom stereocenters. The van der Waals surface area contributed by atoms with E-state index in [9.17, 15) is 4.79 Å². The second kappa shape index (κ2) is 5.97. The Morgan fingerprint density at radius 2 is 2.00 bits per heavy atom. The van der Waals surface area contributed by atoms with Crippen LogP contribution in [0.3, 0.4) is 0 Å². The number of benzene rings is 1. The number of aryl methyl sites for hydroxylation is 2. The average Bonchev–Trinajstić information content (AvgIpc) is 2.42. The lowest BCUT2D eigenvalue weighted by Gasteiger charge is -2.10. The van der Waals surface area contributed by atoms with E-state index < -0.39 is 0 Å². The van der Waals surface area contributed by atoms with Gasteiger partial charge in [0.15, 0.2) is 5.78 Å². The fourth-order valence-corrected chi connectivity index (χ4v) is 2.56. The number of carbonyl (C=O) groups excluding carboxylic acids is 1. The third-order valence-corrected chi connectivity index (χ3v) is 4.02. The molecular weight excluding hydrogens is 256 g/mol. The molecular formula is C15H16N2OS. The van der Waals surface area contributed by atoms with Crippen molar-refractivity contribution in [2.75, 3.05) is 0 Å². The number of nitrogens with zero attached hydrogens (tertiary/aromatic N) is 2. The number of Topliss-reactive ketones (excluding diaryl/α,β-unsaturated/α-hetero) is 1. The van der Waals surface area contributed by atoms with Gasteiger partial charge in [-0.15, -0.1) is 0 Å². The molecule has 2 aromatic rings. The maximum atomic E-state index is 12.3. The number of hydrogen-bond acceptors (Lipinski definition) is 4. The van der Waals surface area contributed by atoms with Crippen molar-refractivity contribution in [3.8, 4) is 0 Å². The van der Waals surface area contributed by atoms with Gasteiger partial charge in [0.1, 0.15) is 5.03 Å². The van der Waals surface area contributed by atoms with Crippen LogP contribution in [0.25, 0.3) is 0 Å². The topological polar surface area (TPSA) is 42.9 Å². The average molecular weight is 272 g/mol. The Bertz CT molecular complexity index is 584. The van der Waals surface area contributed by atoms with Crippen LogP contribution in [0.2, 0.25) is 0 Å². The van der Waals surface area contributed by atoms with Gasteiger partial charge in [-0.2, -0.15) is 0 Å². The first kappa shape index (κ1) is 13.7. The van der Waals surface area contributed by atoms with E-state index in [1.54, 1.807) is 18.6 Å². The first-order valence-corrected chi connectivity index (χ1v) is 7.00. The van der Waals surface area contributed by atoms with Crippen molar-refractivity contribution in [1.29, 1.82) is 0 Å². The van der Waals surface area contributed by atoms with Gasteiger partial charge in [-0.1, -0.05) is 23.9 Å². The zero-order valence-corrected chi connectivity index (χ0v) is 12.1. The fourth-order valence-electron chi connectivity index (χ4n) is 1.71. The van der Waals surface area contributed by atoms with Crippen molar-refractivity contribution >= 4 is 17.5 Å². The Labute approximate surface area is 117 Å². The van der Waals surface area contributed by atoms with Crippen LogP contribution in [0.4, 0.5) is 0 Å². The minimum absolute atomic E-state index is 0.124. The van der Waals surface area contributed by atoms with Crippen LogP contribution < -0.4 is 0 Å². The number of aromatic nitrogens is 2. The van der Waals surface area contributed by atoms with Gasteiger partial charge in [-0.05, 0) is 38.0 Å². The summed E-state index contributed by atoms with van der Waals surface area (Å²) in [6.45, 7) is 5.96. The van der Waals surface area contributed by atoms with E-state index in [1.807, 2.05) is 39.0 Å². The van der Waals surface area contributed by atoms with E-state index in [0.717, 1.165) is 16.2 Å². The molecule has 0 saturated carbocycles. The molecule has 0 amide bonds. The third-order valence-electron chi connectivity index (χ3n) is 3.00. The Hall–Kier alpha value is -1.68. The maximum absolute atomic E-state index is 12.3. The molecule has 0 aliphatic carbocycles. The summed E-state index contributed by atoms with van der Waals surface area (Å²) in [5.74, 6) is 0.124. The molecule has 19 heavy (non-hydrogen) atoms. The number of hydrogen-bond donors (Lipinski definition) is 0. The Morgan fingerprint density at radius 1 is 1.21 bits per heavy atom. The molecule has 1 aromatic heterocycles. The van der Waals surface area contributed by atoms with Crippen molar-refractivity contribution in [3.63, 3.8) is 0 Å². The highest BCUT2D eigenvalue weighted by atomic mass is 32.2. The van der Waals surface area contributed by atoms with Crippen LogP contribution in [-0.2, 0) is 0 Å². The fraction of sp³-hybridized carbons (Fsp3) is 0.267. The third kappa shape index (κ3) is 3.41. The number of thioether (sulfide) groups is 1. The standard InChI is InChI=1S/C15H16N2OS/c1-10-4-5-13(8-11(10)2)15(18)12(3)19-14-9-16-6-7-17-14/h4-9,12H,1-3H3. The van der Waals surface area contributed by atoms with E-state index in [2.05, 4.69) is 9.97 Å². The molecule has 1 heterocycles. The van der Waals surface area contributed by atoms with Gasteiger partial charge < -0.3 is 0 Å². The van der Waals surface area contributed by atoms with Gasteiger partial charge >= 0.3 is 0 Å². The molecule has 4 heteroatoms. The monoisotopic (exact) mass is 272 g/mol. The molecule has 0 aliphatic rings. The number of rotatable bonds is 4. The van der Waals surface area contributed by atoms with E-state index in [-0.39, 0.29) is 11.0 Å². The van der Waals surface area contributed by atoms with Gasteiger partial charge in [0.05, 0.1) is 11.4 Å². The normalized spacial score (nSPS) is 12.2. The second-order valence-corrected chi connectivity index (χ2v) is 5.83. The number of ketones is 1. The molecule has 0 radical (unpaired) electrons. The highest BCUT2D eigenvalue weighted by Gasteiger charge is 2.17. The lowest BCUT2D eigenvalue weighted by Crippen LogP contribution is -2.14. The molecule has 0 spiro atoms. The van der Waals surface area contributed by atoms with Crippen LogP contribution in [0.15, 0.2) is 41.8 Å². The van der Waals surface area contributed by atoms with Crippen LogP contribution in [0.5, 0.6) is 0 Å². The maximum Gasteiger partial charge on any atom is 0.175 e. The summed E-state index contributed by atoms with van der Waals surface area (Å²) >= 11 is 1.43. The molecule has 0 aliphatic heterocycles. The molecule has 98 valence electrons. The van der Waals surface area contributed by atoms with Gasteiger partial charge in [-0.25, -0.2) is 4.98 Å². The van der Waals surface area contributed by atoms with Crippen molar-refractivity contribution in [3.05, 3.63) is 53.5 Å². The van der Waals surface area contributed by atoms with Crippen LogP contribution in [0.1, 0.15) is 28.4 Å². The van der Waals surface area contributed by atoms with Crippen LogP contribution in [0, 0.1) is 13.8 Å². The SMILES string of the molecule is Cc1ccc(C(=O)C(C)Sc2cnccn2)cc1C. The van der Waals surface area contributed by atoms with Crippen molar-refractivity contribution in [2.24, 2.45) is 0 Å². The number of carbonyl (C=O) groups is 1. The highest BCUT2D eigenvalue weighted by molar-refractivity contribution is 8.00. The molecule has 1 atom stereocenters. The van der Waals surface area contributed by atoms with E-state index in [1.165, 1.54) is 17.3 Å². The van der Waals surface area contributed by atoms with Crippen LogP contribution >= 0.6 is 11.8 Å². The van der Waals surface area contributed by atoms with Crippen LogP contribution in [-0.4, -0.2) is 21.0 Å². The summed E-state index contributed by atoms with van der Waals surface area (Å²) in [5, 5.41) is 0.603. The molecule has 0 fully saturated rings. The second-order valence-electron chi connectivity index (χ2n) is 4.47. The summed E-state index contributed by atoms with van der Waals surface area (Å²) in [4.78, 5) is 20.5. The molecule has 0 saturated heterocycles. The lowest BCUT2D eigenvalue weighted by molar-refractivity contribution is 0.0994. The highest BCUT2D eigenvalue weighted by Crippen LogP contribution is 2.23. The minimum Gasteiger partial charge on any atom is -0.293 e. The molecule has 3 nitrogen and oxygen atoms in total. The van der Waals surface area contributed by atoms with Gasteiger partial charge in [0, 0.05) is 18.0 Å². The summed E-state index contributed by atoms with van der Waals surface area (Å²) in [5.41, 5.74) is 3.10. The Kier molecular flexibility index (Phi) is 4.32. The van der Waals surface area contributed by atoms with Crippen molar-refractivity contribution < 1.29 is 4.79 Å². The first-order valence-electron chi connectivity index (χ1n) is 6.12. The first-order chi connectivity index (χ1) is 9.08. The molecule has 1 aromatic carbocycles. The Balaban J connectivity index is 2.12. The van der Waals surface area contributed by atoms with Gasteiger partial charge in [-0.3, -0.25) is 9.78 Å². The quantitative estimate of drug-likeness (QED) is 0.631. The summed E-state index contributed by atoms with van der Waals surface area (Å²) in [6.07, 6.45) is 4.93. The van der Waals surface area contributed by atoms with E-state index in [4.69, 9.17) is 0 Å². The minimum atomic E-state index is -0.168. The molecule has 0 N–H and O–H groups in total. The van der Waals surface area contributed by atoms with Crippen molar-refractivity contribution in [2.45, 2.75) is 31.0 Å². The van der Waals surface area contributed by atoms with Gasteiger partial charge in [0.25, 0.3) is 0 Å². The smallest absolute Gasteiger partial charge is 0.175 e. The molecule has 0 bridgehead atoms. The summed E-state index contributed by atoms with van der Waals surface area (Å²) < 4.78 is 0. The van der Waals surface area contributed by atoms with E-state index >= 15 is 0 Å². The zero-order chi connectivity index (χ0) is 13.8. The van der Waals surface area contributed by atoms with Gasteiger partial charge in [0.2, 0.25) is 0 Å². The lowest BCUT2D eigenvalue weighted by atomic mass is 10.0. The van der Waals surface area contributed by atoms with E-state index in [0.29, 0.717) is 0 Å². The largest absolute Gasteiger partial charge is 0.293 e. The summed E-state index contributed by atoms with van der Waals surface area (Å²) in [7, 11) is 0. The Morgan fingerprint density at radius 3 is 2.63 bits per heavy atom. The predicted octanol–water partition coefficient (Wildman–Crippen LogP) is 3.46. The van der Waals surface area contributed by atoms with Crippen molar-refractivity contribution in [1.82, 2.24) is 9.97 Å². The molecule has 2 rings (SSSR count). The summed E-state index contributed by atoms with van der Waals surface area (Å²) in [6, 6.07) is 5.83. The zero-order valence-electron chi connectivity index (χ0n) is 11.3. The predicted molar refractivity (Wildman–Crippen MR) is 77.6 cm³/mol.